The van der Waals surface area contributed by atoms with Gasteiger partial charge in [-0.05, 0) is 36.2 Å². The van der Waals surface area contributed by atoms with Gasteiger partial charge in [-0.15, -0.1) is 0 Å². The van der Waals surface area contributed by atoms with Gasteiger partial charge in [-0.1, -0.05) is 26.0 Å². The van der Waals surface area contributed by atoms with Crippen molar-refractivity contribution >= 4 is 28.5 Å². The van der Waals surface area contributed by atoms with Crippen LogP contribution in [-0.4, -0.2) is 28.0 Å². The second-order valence-corrected chi connectivity index (χ2v) is 7.26. The quantitative estimate of drug-likeness (QED) is 0.731. The predicted octanol–water partition coefficient (Wildman–Crippen LogP) is 3.03. The third-order valence-corrected chi connectivity index (χ3v) is 4.93. The van der Waals surface area contributed by atoms with Crippen LogP contribution in [0.15, 0.2) is 42.5 Å². The minimum Gasteiger partial charge on any atom is -0.482 e. The summed E-state index contributed by atoms with van der Waals surface area (Å²) in [5.41, 5.74) is 2.88. The number of hydrogen-bond donors (Lipinski definition) is 2. The number of rotatable bonds is 4. The zero-order chi connectivity index (χ0) is 19.8. The molecule has 1 aliphatic heterocycles. The van der Waals surface area contributed by atoms with Gasteiger partial charge in [0.05, 0.1) is 22.8 Å². The number of aryl methyl sites for hydroxylation is 1. The van der Waals surface area contributed by atoms with Crippen LogP contribution in [0.25, 0.3) is 11.0 Å². The lowest BCUT2D eigenvalue weighted by Crippen LogP contribution is -2.33. The lowest BCUT2D eigenvalue weighted by Gasteiger charge is -2.23. The van der Waals surface area contributed by atoms with E-state index in [0.29, 0.717) is 17.0 Å². The van der Waals surface area contributed by atoms with Gasteiger partial charge in [-0.2, -0.15) is 0 Å². The number of carbonyl (C=O) groups excluding carboxylic acids is 2. The Kier molecular flexibility index (Phi) is 4.50. The molecule has 1 aromatic heterocycles. The number of nitrogens with zero attached hydrogens (tertiary/aromatic N) is 2. The maximum absolute atomic E-state index is 12.9. The van der Waals surface area contributed by atoms with Gasteiger partial charge in [-0.3, -0.25) is 9.59 Å². The Morgan fingerprint density at radius 1 is 1.25 bits per heavy atom. The third kappa shape index (κ3) is 3.19. The fraction of sp³-hybridized carbons (Fsp3) is 0.286. The van der Waals surface area contributed by atoms with Crippen LogP contribution in [0.5, 0.6) is 5.75 Å². The van der Waals surface area contributed by atoms with Gasteiger partial charge < -0.3 is 19.9 Å². The Bertz CT molecular complexity index is 1070. The van der Waals surface area contributed by atoms with E-state index in [-0.39, 0.29) is 30.4 Å². The Hall–Kier alpha value is -3.35. The molecule has 4 rings (SSSR count). The van der Waals surface area contributed by atoms with E-state index in [0.717, 1.165) is 16.9 Å². The van der Waals surface area contributed by atoms with Crippen LogP contribution in [0, 0.1) is 5.92 Å². The molecule has 2 N–H and O–H groups in total. The van der Waals surface area contributed by atoms with Crippen molar-refractivity contribution in [3.05, 3.63) is 53.9 Å². The summed E-state index contributed by atoms with van der Waals surface area (Å²) in [6.07, 6.45) is 0. The largest absolute Gasteiger partial charge is 0.482 e. The van der Waals surface area contributed by atoms with Crippen LogP contribution in [0.1, 0.15) is 36.1 Å². The molecule has 1 atom stereocenters. The number of nitrogens with one attached hydrogen (secondary N) is 2. The number of anilines is 1. The first-order valence-electron chi connectivity index (χ1n) is 9.23. The molecule has 0 aliphatic carbocycles. The van der Waals surface area contributed by atoms with Crippen LogP contribution in [0.3, 0.4) is 0 Å². The summed E-state index contributed by atoms with van der Waals surface area (Å²) in [4.78, 5) is 29.2. The fourth-order valence-electron chi connectivity index (χ4n) is 3.42. The molecular weight excluding hydrogens is 356 g/mol. The number of hydrogen-bond acceptors (Lipinski definition) is 4. The van der Waals surface area contributed by atoms with E-state index < -0.39 is 0 Å². The third-order valence-electron chi connectivity index (χ3n) is 4.93. The molecule has 0 saturated carbocycles. The van der Waals surface area contributed by atoms with Gasteiger partial charge in [-0.25, -0.2) is 4.98 Å². The van der Waals surface area contributed by atoms with Gasteiger partial charge in [0.2, 0.25) is 0 Å². The van der Waals surface area contributed by atoms with Crippen molar-refractivity contribution in [2.45, 2.75) is 19.9 Å². The second kappa shape index (κ2) is 6.99. The van der Waals surface area contributed by atoms with E-state index in [9.17, 15) is 9.59 Å². The number of benzene rings is 2. The molecule has 3 aromatic rings. The van der Waals surface area contributed by atoms with Crippen molar-refractivity contribution in [1.82, 2.24) is 14.9 Å². The number of fused-ring (bicyclic) bond motifs is 2. The van der Waals surface area contributed by atoms with Crippen LogP contribution in [0.2, 0.25) is 0 Å². The minimum atomic E-state index is -0.258. The highest BCUT2D eigenvalue weighted by molar-refractivity contribution is 6.00. The Labute approximate surface area is 162 Å². The lowest BCUT2D eigenvalue weighted by atomic mass is 10.0. The molecule has 7 heteroatoms. The standard InChI is InChI=1S/C21H22N4O3/c1-12(2)19(20-23-14-6-4-5-7-16(14)25(20)3)24-21(27)13-8-9-17-15(10-13)22-18(26)11-28-17/h4-10,12,19H,11H2,1-3H3,(H,22,26)(H,24,27). The zero-order valence-electron chi connectivity index (χ0n) is 16.0. The monoisotopic (exact) mass is 378 g/mol. The molecule has 1 unspecified atom stereocenters. The maximum atomic E-state index is 12.9. The second-order valence-electron chi connectivity index (χ2n) is 7.26. The number of aromatic nitrogens is 2. The number of para-hydroxylation sites is 2. The molecule has 0 radical (unpaired) electrons. The smallest absolute Gasteiger partial charge is 0.262 e. The molecule has 0 spiro atoms. The highest BCUT2D eigenvalue weighted by Gasteiger charge is 2.25. The normalized spacial score (nSPS) is 14.4. The number of carbonyl (C=O) groups is 2. The van der Waals surface area contributed by atoms with Crippen molar-refractivity contribution in [2.75, 3.05) is 11.9 Å². The summed E-state index contributed by atoms with van der Waals surface area (Å²) < 4.78 is 7.37. The summed E-state index contributed by atoms with van der Waals surface area (Å²) in [6.45, 7) is 4.08. The van der Waals surface area contributed by atoms with Crippen LogP contribution < -0.4 is 15.4 Å². The van der Waals surface area contributed by atoms with E-state index in [1.807, 2.05) is 49.7 Å². The SMILES string of the molecule is CC(C)C(NC(=O)c1ccc2c(c1)NC(=O)CO2)c1nc2ccccc2n1C. The summed E-state index contributed by atoms with van der Waals surface area (Å²) in [5.74, 6) is 1.05. The van der Waals surface area contributed by atoms with E-state index in [1.165, 1.54) is 0 Å². The summed E-state index contributed by atoms with van der Waals surface area (Å²) in [7, 11) is 1.96. The van der Waals surface area contributed by atoms with Crippen LogP contribution in [-0.2, 0) is 11.8 Å². The number of ether oxygens (including phenoxy) is 1. The van der Waals surface area contributed by atoms with Crippen LogP contribution >= 0.6 is 0 Å². The van der Waals surface area contributed by atoms with Crippen molar-refractivity contribution in [1.29, 1.82) is 0 Å². The number of amides is 2. The molecule has 0 fully saturated rings. The predicted molar refractivity (Wildman–Crippen MR) is 106 cm³/mol. The van der Waals surface area contributed by atoms with Crippen molar-refractivity contribution in [3.63, 3.8) is 0 Å². The van der Waals surface area contributed by atoms with Gasteiger partial charge in [0.25, 0.3) is 11.8 Å². The van der Waals surface area contributed by atoms with E-state index in [1.54, 1.807) is 18.2 Å². The highest BCUT2D eigenvalue weighted by Crippen LogP contribution is 2.29. The van der Waals surface area contributed by atoms with E-state index in [4.69, 9.17) is 9.72 Å². The molecule has 2 heterocycles. The first-order valence-corrected chi connectivity index (χ1v) is 9.23. The maximum Gasteiger partial charge on any atom is 0.262 e. The van der Waals surface area contributed by atoms with Crippen LogP contribution in [0.4, 0.5) is 5.69 Å². The van der Waals surface area contributed by atoms with Crippen molar-refractivity contribution in [3.8, 4) is 5.75 Å². The Morgan fingerprint density at radius 2 is 2.04 bits per heavy atom. The average Bonchev–Trinajstić information content (AvgIpc) is 3.01. The summed E-state index contributed by atoms with van der Waals surface area (Å²) in [5, 5.41) is 5.82. The Morgan fingerprint density at radius 3 is 2.79 bits per heavy atom. The molecule has 7 nitrogen and oxygen atoms in total. The zero-order valence-corrected chi connectivity index (χ0v) is 16.0. The summed E-state index contributed by atoms with van der Waals surface area (Å²) in [6, 6.07) is 12.7. The first kappa shape index (κ1) is 18.0. The lowest BCUT2D eigenvalue weighted by molar-refractivity contribution is -0.118. The first-order chi connectivity index (χ1) is 13.4. The molecular formula is C21H22N4O3. The topological polar surface area (TPSA) is 85.2 Å². The van der Waals surface area contributed by atoms with Crippen molar-refractivity contribution in [2.24, 2.45) is 13.0 Å². The average molecular weight is 378 g/mol. The fourth-order valence-corrected chi connectivity index (χ4v) is 3.42. The van der Waals surface area contributed by atoms with Gasteiger partial charge in [0.1, 0.15) is 11.6 Å². The molecule has 1 aliphatic rings. The molecule has 2 amide bonds. The number of imidazole rings is 1. The molecule has 2 aromatic carbocycles. The molecule has 144 valence electrons. The Balaban J connectivity index is 1.63. The van der Waals surface area contributed by atoms with Gasteiger partial charge >= 0.3 is 0 Å². The van der Waals surface area contributed by atoms with E-state index in [2.05, 4.69) is 10.6 Å². The minimum absolute atomic E-state index is 0.0132. The molecule has 28 heavy (non-hydrogen) atoms. The van der Waals surface area contributed by atoms with Gasteiger partial charge in [0, 0.05) is 12.6 Å². The molecule has 0 bridgehead atoms. The summed E-state index contributed by atoms with van der Waals surface area (Å²) >= 11 is 0. The van der Waals surface area contributed by atoms with Gasteiger partial charge in [0.15, 0.2) is 6.61 Å². The van der Waals surface area contributed by atoms with E-state index >= 15 is 0 Å². The highest BCUT2D eigenvalue weighted by atomic mass is 16.5. The molecule has 0 saturated heterocycles. The van der Waals surface area contributed by atoms with Crippen molar-refractivity contribution < 1.29 is 14.3 Å².